The van der Waals surface area contributed by atoms with Crippen LogP contribution < -0.4 is 0 Å². The Morgan fingerprint density at radius 3 is 2.85 bits per heavy atom. The van der Waals surface area contributed by atoms with Crippen LogP contribution in [0, 0.1) is 0 Å². The van der Waals surface area contributed by atoms with Crippen molar-refractivity contribution in [3.8, 4) is 5.69 Å². The Morgan fingerprint density at radius 2 is 2.12 bits per heavy atom. The number of hydrogen-bond acceptors (Lipinski definition) is 4. The lowest BCUT2D eigenvalue weighted by Gasteiger charge is -2.19. The predicted octanol–water partition coefficient (Wildman–Crippen LogP) is 3.15. The maximum absolute atomic E-state index is 12.5. The molecule has 2 aromatic heterocycles. The van der Waals surface area contributed by atoms with Crippen LogP contribution >= 0.6 is 0 Å². The van der Waals surface area contributed by atoms with Crippen molar-refractivity contribution in [1.82, 2.24) is 14.7 Å². The third kappa shape index (κ3) is 4.70. The maximum atomic E-state index is 12.5. The first kappa shape index (κ1) is 17.7. The van der Waals surface area contributed by atoms with Crippen molar-refractivity contribution >= 4 is 12.0 Å². The van der Waals surface area contributed by atoms with Crippen molar-refractivity contribution < 1.29 is 13.9 Å². The molecular formula is C20H21N3O3. The molecule has 0 N–H and O–H groups in total. The fraction of sp³-hybridized carbons (Fsp3) is 0.200. The molecule has 0 spiro atoms. The van der Waals surface area contributed by atoms with Crippen molar-refractivity contribution in [3.63, 3.8) is 0 Å². The number of ether oxygens (including phenoxy) is 1. The van der Waals surface area contributed by atoms with E-state index in [1.165, 1.54) is 0 Å². The highest BCUT2D eigenvalue weighted by Crippen LogP contribution is 2.10. The highest BCUT2D eigenvalue weighted by atomic mass is 16.5. The molecule has 1 aromatic carbocycles. The molecule has 0 fully saturated rings. The Kier molecular flexibility index (Phi) is 6.01. The topological polar surface area (TPSA) is 60.5 Å². The Bertz CT molecular complexity index is 838. The summed E-state index contributed by atoms with van der Waals surface area (Å²) >= 11 is 0. The number of benzene rings is 1. The fourth-order valence-corrected chi connectivity index (χ4v) is 2.48. The molecule has 0 bridgehead atoms. The summed E-state index contributed by atoms with van der Waals surface area (Å²) in [5.74, 6) is 0.630. The second-order valence-corrected chi connectivity index (χ2v) is 5.72. The highest BCUT2D eigenvalue weighted by Gasteiger charge is 2.12. The standard InChI is InChI=1S/C20H21N3O3/c1-25-13-11-22(16-19-8-5-12-26-19)20(24)10-9-17-14-21-23(15-17)18-6-3-2-4-7-18/h2-10,12,14-15H,11,13,16H2,1H3/b10-9+. The summed E-state index contributed by atoms with van der Waals surface area (Å²) in [5.41, 5.74) is 1.82. The van der Waals surface area contributed by atoms with E-state index in [1.54, 1.807) is 41.3 Å². The van der Waals surface area contributed by atoms with E-state index in [0.29, 0.717) is 19.7 Å². The molecule has 0 saturated heterocycles. The van der Waals surface area contributed by atoms with Gasteiger partial charge in [0.25, 0.3) is 0 Å². The van der Waals surface area contributed by atoms with Crippen molar-refractivity contribution in [2.45, 2.75) is 6.54 Å². The van der Waals surface area contributed by atoms with Gasteiger partial charge in [0.1, 0.15) is 5.76 Å². The monoisotopic (exact) mass is 351 g/mol. The van der Waals surface area contributed by atoms with E-state index >= 15 is 0 Å². The Morgan fingerprint density at radius 1 is 1.27 bits per heavy atom. The van der Waals surface area contributed by atoms with Gasteiger partial charge in [-0.05, 0) is 30.3 Å². The molecule has 0 aliphatic carbocycles. The van der Waals surface area contributed by atoms with Gasteiger partial charge in [0.05, 0.1) is 31.3 Å². The molecule has 2 heterocycles. The second kappa shape index (κ2) is 8.82. The number of furan rings is 1. The van der Waals surface area contributed by atoms with Gasteiger partial charge in [-0.1, -0.05) is 18.2 Å². The van der Waals surface area contributed by atoms with Crippen LogP contribution in [0.2, 0.25) is 0 Å². The van der Waals surface area contributed by atoms with Crippen LogP contribution in [-0.4, -0.2) is 40.8 Å². The number of para-hydroxylation sites is 1. The van der Waals surface area contributed by atoms with Crippen LogP contribution in [0.25, 0.3) is 11.8 Å². The lowest BCUT2D eigenvalue weighted by Crippen LogP contribution is -2.31. The molecule has 3 rings (SSSR count). The van der Waals surface area contributed by atoms with Gasteiger partial charge in [-0.15, -0.1) is 0 Å². The van der Waals surface area contributed by atoms with Gasteiger partial charge in [0.15, 0.2) is 0 Å². The zero-order valence-electron chi connectivity index (χ0n) is 14.6. The van der Waals surface area contributed by atoms with Crippen LogP contribution in [0.1, 0.15) is 11.3 Å². The zero-order valence-corrected chi connectivity index (χ0v) is 14.6. The minimum atomic E-state index is -0.106. The average molecular weight is 351 g/mol. The van der Waals surface area contributed by atoms with Crippen molar-refractivity contribution in [1.29, 1.82) is 0 Å². The largest absolute Gasteiger partial charge is 0.467 e. The summed E-state index contributed by atoms with van der Waals surface area (Å²) in [7, 11) is 1.61. The van der Waals surface area contributed by atoms with Crippen molar-refractivity contribution in [2.24, 2.45) is 0 Å². The summed E-state index contributed by atoms with van der Waals surface area (Å²) < 4.78 is 12.2. The molecule has 0 radical (unpaired) electrons. The van der Waals surface area contributed by atoms with Gasteiger partial charge >= 0.3 is 0 Å². The first-order valence-electron chi connectivity index (χ1n) is 8.34. The Balaban J connectivity index is 1.67. The third-order valence-corrected chi connectivity index (χ3v) is 3.85. The smallest absolute Gasteiger partial charge is 0.247 e. The minimum absolute atomic E-state index is 0.106. The number of amides is 1. The van der Waals surface area contributed by atoms with Gasteiger partial charge in [0, 0.05) is 31.5 Å². The van der Waals surface area contributed by atoms with E-state index in [4.69, 9.17) is 9.15 Å². The maximum Gasteiger partial charge on any atom is 0.247 e. The van der Waals surface area contributed by atoms with E-state index in [-0.39, 0.29) is 5.91 Å². The molecule has 0 unspecified atom stereocenters. The molecule has 6 nitrogen and oxygen atoms in total. The van der Waals surface area contributed by atoms with Crippen molar-refractivity contribution in [3.05, 3.63) is 78.5 Å². The van der Waals surface area contributed by atoms with E-state index in [0.717, 1.165) is 17.0 Å². The molecule has 0 aliphatic heterocycles. The average Bonchev–Trinajstić information content (AvgIpc) is 3.36. The second-order valence-electron chi connectivity index (χ2n) is 5.72. The summed E-state index contributed by atoms with van der Waals surface area (Å²) in [6.45, 7) is 1.36. The van der Waals surface area contributed by atoms with Gasteiger partial charge < -0.3 is 14.1 Å². The first-order chi connectivity index (χ1) is 12.8. The summed E-state index contributed by atoms with van der Waals surface area (Å²) in [5, 5.41) is 4.33. The summed E-state index contributed by atoms with van der Waals surface area (Å²) in [4.78, 5) is 14.2. The minimum Gasteiger partial charge on any atom is -0.467 e. The molecule has 134 valence electrons. The SMILES string of the molecule is COCCN(Cc1ccco1)C(=O)/C=C/c1cnn(-c2ccccc2)c1. The number of carbonyl (C=O) groups excluding carboxylic acids is 1. The van der Waals surface area contributed by atoms with E-state index in [1.807, 2.05) is 48.7 Å². The van der Waals surface area contributed by atoms with E-state index < -0.39 is 0 Å². The fourth-order valence-electron chi connectivity index (χ4n) is 2.48. The van der Waals surface area contributed by atoms with Crippen molar-refractivity contribution in [2.75, 3.05) is 20.3 Å². The molecule has 0 saturated carbocycles. The first-order valence-corrected chi connectivity index (χ1v) is 8.34. The van der Waals surface area contributed by atoms with Crippen LogP contribution in [0.4, 0.5) is 0 Å². The number of methoxy groups -OCH3 is 1. The van der Waals surface area contributed by atoms with Gasteiger partial charge in [-0.25, -0.2) is 4.68 Å². The zero-order chi connectivity index (χ0) is 18.2. The Labute approximate surface area is 152 Å². The highest BCUT2D eigenvalue weighted by molar-refractivity contribution is 5.91. The molecule has 3 aromatic rings. The van der Waals surface area contributed by atoms with Crippen LogP contribution in [0.15, 0.2) is 71.6 Å². The molecule has 0 aliphatic rings. The number of aromatic nitrogens is 2. The van der Waals surface area contributed by atoms with Gasteiger partial charge in [0.2, 0.25) is 5.91 Å². The number of carbonyl (C=O) groups is 1. The summed E-state index contributed by atoms with van der Waals surface area (Å²) in [6.07, 6.45) is 8.51. The molecule has 1 amide bonds. The lowest BCUT2D eigenvalue weighted by atomic mass is 10.3. The summed E-state index contributed by atoms with van der Waals surface area (Å²) in [6, 6.07) is 13.5. The van der Waals surface area contributed by atoms with Gasteiger partial charge in [-0.2, -0.15) is 5.10 Å². The number of nitrogens with zero attached hydrogens (tertiary/aromatic N) is 3. The number of rotatable bonds is 8. The van der Waals surface area contributed by atoms with Crippen LogP contribution in [0.3, 0.4) is 0 Å². The number of hydrogen-bond donors (Lipinski definition) is 0. The van der Waals surface area contributed by atoms with Gasteiger partial charge in [-0.3, -0.25) is 4.79 Å². The predicted molar refractivity (Wildman–Crippen MR) is 98.6 cm³/mol. The molecule has 26 heavy (non-hydrogen) atoms. The quantitative estimate of drug-likeness (QED) is 0.585. The molecular weight excluding hydrogens is 330 g/mol. The Hall–Kier alpha value is -3.12. The normalized spacial score (nSPS) is 11.1. The van der Waals surface area contributed by atoms with Crippen LogP contribution in [0.5, 0.6) is 0 Å². The third-order valence-electron chi connectivity index (χ3n) is 3.85. The van der Waals surface area contributed by atoms with E-state index in [9.17, 15) is 4.79 Å². The van der Waals surface area contributed by atoms with Crippen LogP contribution in [-0.2, 0) is 16.1 Å². The lowest BCUT2D eigenvalue weighted by molar-refractivity contribution is -0.127. The van der Waals surface area contributed by atoms with E-state index in [2.05, 4.69) is 5.10 Å². The molecule has 6 heteroatoms. The molecule has 0 atom stereocenters.